The van der Waals surface area contributed by atoms with Crippen LogP contribution in [0.3, 0.4) is 0 Å². The van der Waals surface area contributed by atoms with Gasteiger partial charge in [0.25, 0.3) is 0 Å². The molecular formula is C24H33N3O3. The van der Waals surface area contributed by atoms with Gasteiger partial charge in [-0.05, 0) is 48.7 Å². The van der Waals surface area contributed by atoms with Crippen molar-refractivity contribution in [1.82, 2.24) is 14.8 Å². The van der Waals surface area contributed by atoms with Crippen molar-refractivity contribution in [3.8, 4) is 5.75 Å². The first kappa shape index (κ1) is 22.2. The number of aromatic nitrogens is 1. The molecule has 3 rings (SSSR count). The van der Waals surface area contributed by atoms with Crippen LogP contribution in [0.15, 0.2) is 48.8 Å². The van der Waals surface area contributed by atoms with Gasteiger partial charge in [-0.2, -0.15) is 0 Å². The molecule has 0 N–H and O–H groups in total. The molecule has 0 bridgehead atoms. The average molecular weight is 412 g/mol. The van der Waals surface area contributed by atoms with Crippen molar-refractivity contribution in [2.24, 2.45) is 0 Å². The third-order valence-electron chi connectivity index (χ3n) is 5.74. The molecule has 30 heavy (non-hydrogen) atoms. The van der Waals surface area contributed by atoms with Crippen molar-refractivity contribution >= 4 is 5.91 Å². The van der Waals surface area contributed by atoms with Crippen LogP contribution >= 0.6 is 0 Å². The molecule has 6 nitrogen and oxygen atoms in total. The van der Waals surface area contributed by atoms with Crippen LogP contribution in [-0.2, 0) is 22.5 Å². The minimum absolute atomic E-state index is 0.0226. The highest BCUT2D eigenvalue weighted by Crippen LogP contribution is 2.17. The second kappa shape index (κ2) is 11.1. The molecule has 1 aromatic carbocycles. The fourth-order valence-electron chi connectivity index (χ4n) is 3.77. The second-order valence-corrected chi connectivity index (χ2v) is 7.91. The number of morpholine rings is 1. The highest BCUT2D eigenvalue weighted by atomic mass is 16.5. The zero-order valence-corrected chi connectivity index (χ0v) is 18.3. The van der Waals surface area contributed by atoms with Crippen LogP contribution in [0.25, 0.3) is 0 Å². The fourth-order valence-corrected chi connectivity index (χ4v) is 3.77. The molecule has 1 amide bonds. The predicted molar refractivity (Wildman–Crippen MR) is 117 cm³/mol. The van der Waals surface area contributed by atoms with E-state index < -0.39 is 0 Å². The Bertz CT molecular complexity index is 782. The Hall–Kier alpha value is -2.44. The molecule has 0 aliphatic carbocycles. The van der Waals surface area contributed by atoms with E-state index in [0.717, 1.165) is 37.4 Å². The van der Waals surface area contributed by atoms with Crippen LogP contribution in [-0.4, -0.2) is 66.2 Å². The lowest BCUT2D eigenvalue weighted by Crippen LogP contribution is -2.50. The third-order valence-corrected chi connectivity index (χ3v) is 5.74. The van der Waals surface area contributed by atoms with E-state index in [-0.39, 0.29) is 18.1 Å². The van der Waals surface area contributed by atoms with E-state index in [2.05, 4.69) is 23.7 Å². The Morgan fingerprint density at radius 1 is 1.23 bits per heavy atom. The van der Waals surface area contributed by atoms with Crippen LogP contribution < -0.4 is 4.74 Å². The van der Waals surface area contributed by atoms with Gasteiger partial charge in [-0.15, -0.1) is 0 Å². The highest BCUT2D eigenvalue weighted by Gasteiger charge is 2.27. The fraction of sp³-hybridized carbons (Fsp3) is 0.500. The molecule has 0 spiro atoms. The second-order valence-electron chi connectivity index (χ2n) is 7.91. The molecule has 1 aromatic heterocycles. The van der Waals surface area contributed by atoms with E-state index >= 15 is 0 Å². The highest BCUT2D eigenvalue weighted by molar-refractivity contribution is 5.79. The summed E-state index contributed by atoms with van der Waals surface area (Å²) >= 11 is 0. The van der Waals surface area contributed by atoms with Crippen LogP contribution in [0.5, 0.6) is 5.75 Å². The summed E-state index contributed by atoms with van der Waals surface area (Å²) in [6.45, 7) is 8.16. The van der Waals surface area contributed by atoms with Gasteiger partial charge in [0, 0.05) is 44.6 Å². The molecular weight excluding hydrogens is 378 g/mol. The van der Waals surface area contributed by atoms with Crippen LogP contribution in [0.2, 0.25) is 0 Å². The summed E-state index contributed by atoms with van der Waals surface area (Å²) < 4.78 is 11.2. The standard InChI is InChI=1S/C24H33N3O3/c1-4-19(2)27(24(28)15-20-5-7-22(29-3)8-6-20)18-23-17-26(13-14-30-23)16-21-9-11-25-12-10-21/h5-12,19,23H,4,13-18H2,1-3H3. The summed E-state index contributed by atoms with van der Waals surface area (Å²) in [5.74, 6) is 0.944. The maximum absolute atomic E-state index is 13.1. The van der Waals surface area contributed by atoms with Crippen molar-refractivity contribution in [2.75, 3.05) is 33.4 Å². The van der Waals surface area contributed by atoms with E-state index in [1.807, 2.05) is 53.7 Å². The van der Waals surface area contributed by atoms with Gasteiger partial charge in [-0.3, -0.25) is 14.7 Å². The van der Waals surface area contributed by atoms with E-state index in [1.54, 1.807) is 7.11 Å². The summed E-state index contributed by atoms with van der Waals surface area (Å²) in [5, 5.41) is 0. The average Bonchev–Trinajstić information content (AvgIpc) is 2.78. The Morgan fingerprint density at radius 2 is 1.97 bits per heavy atom. The topological polar surface area (TPSA) is 54.9 Å². The van der Waals surface area contributed by atoms with Crippen molar-refractivity contribution in [3.63, 3.8) is 0 Å². The van der Waals surface area contributed by atoms with Crippen LogP contribution in [0.1, 0.15) is 31.4 Å². The maximum atomic E-state index is 13.1. The monoisotopic (exact) mass is 411 g/mol. The molecule has 1 aliphatic rings. The van der Waals surface area contributed by atoms with Gasteiger partial charge >= 0.3 is 0 Å². The molecule has 2 unspecified atom stereocenters. The molecule has 0 radical (unpaired) electrons. The van der Waals surface area contributed by atoms with Gasteiger partial charge in [0.1, 0.15) is 5.75 Å². The number of benzene rings is 1. The number of methoxy groups -OCH3 is 1. The molecule has 2 heterocycles. The Morgan fingerprint density at radius 3 is 2.63 bits per heavy atom. The SMILES string of the molecule is CCC(C)N(CC1CN(Cc2ccncc2)CCO1)C(=O)Cc1ccc(OC)cc1. The van der Waals surface area contributed by atoms with Gasteiger partial charge in [-0.25, -0.2) is 0 Å². The number of ether oxygens (including phenoxy) is 2. The Balaban J connectivity index is 1.61. The Labute approximate surface area is 179 Å². The number of hydrogen-bond donors (Lipinski definition) is 0. The van der Waals surface area contributed by atoms with Gasteiger partial charge in [0.05, 0.1) is 26.2 Å². The quantitative estimate of drug-likeness (QED) is 0.634. The van der Waals surface area contributed by atoms with Crippen LogP contribution in [0.4, 0.5) is 0 Å². The summed E-state index contributed by atoms with van der Waals surface area (Å²) in [5.41, 5.74) is 2.25. The molecule has 6 heteroatoms. The molecule has 1 saturated heterocycles. The number of rotatable bonds is 9. The summed E-state index contributed by atoms with van der Waals surface area (Å²) in [4.78, 5) is 21.6. The van der Waals surface area contributed by atoms with Crippen molar-refractivity contribution in [3.05, 3.63) is 59.9 Å². The lowest BCUT2D eigenvalue weighted by atomic mass is 10.1. The van der Waals surface area contributed by atoms with Gasteiger partial charge < -0.3 is 14.4 Å². The molecule has 0 saturated carbocycles. The minimum Gasteiger partial charge on any atom is -0.497 e. The lowest BCUT2D eigenvalue weighted by molar-refractivity contribution is -0.136. The van der Waals surface area contributed by atoms with E-state index in [9.17, 15) is 4.79 Å². The minimum atomic E-state index is 0.0226. The molecule has 2 atom stereocenters. The number of carbonyl (C=O) groups excluding carboxylic acids is 1. The zero-order valence-electron chi connectivity index (χ0n) is 18.3. The number of amides is 1. The van der Waals surface area contributed by atoms with Crippen LogP contribution in [0, 0.1) is 0 Å². The maximum Gasteiger partial charge on any atom is 0.227 e. The van der Waals surface area contributed by atoms with Gasteiger partial charge in [0.2, 0.25) is 5.91 Å². The largest absolute Gasteiger partial charge is 0.497 e. The number of nitrogens with zero attached hydrogens (tertiary/aromatic N) is 3. The molecule has 162 valence electrons. The molecule has 2 aromatic rings. The summed E-state index contributed by atoms with van der Waals surface area (Å²) in [7, 11) is 1.65. The number of hydrogen-bond acceptors (Lipinski definition) is 5. The smallest absolute Gasteiger partial charge is 0.227 e. The number of pyridine rings is 1. The van der Waals surface area contributed by atoms with Gasteiger partial charge in [0.15, 0.2) is 0 Å². The zero-order chi connectivity index (χ0) is 21.3. The van der Waals surface area contributed by atoms with Crippen molar-refractivity contribution < 1.29 is 14.3 Å². The van der Waals surface area contributed by atoms with Gasteiger partial charge in [-0.1, -0.05) is 19.1 Å². The van der Waals surface area contributed by atoms with Crippen molar-refractivity contribution in [2.45, 2.75) is 45.4 Å². The van der Waals surface area contributed by atoms with E-state index in [4.69, 9.17) is 9.47 Å². The predicted octanol–water partition coefficient (Wildman–Crippen LogP) is 3.16. The molecule has 1 fully saturated rings. The molecule has 1 aliphatic heterocycles. The first-order valence-electron chi connectivity index (χ1n) is 10.7. The normalized spacial score (nSPS) is 18.0. The lowest BCUT2D eigenvalue weighted by Gasteiger charge is -2.37. The van der Waals surface area contributed by atoms with E-state index in [1.165, 1.54) is 5.56 Å². The van der Waals surface area contributed by atoms with Crippen molar-refractivity contribution in [1.29, 1.82) is 0 Å². The first-order valence-corrected chi connectivity index (χ1v) is 10.7. The van der Waals surface area contributed by atoms with E-state index in [0.29, 0.717) is 19.6 Å². The number of carbonyl (C=O) groups is 1. The summed E-state index contributed by atoms with van der Waals surface area (Å²) in [6.07, 6.45) is 4.99. The first-order chi connectivity index (χ1) is 14.6. The third kappa shape index (κ3) is 6.28. The Kier molecular flexibility index (Phi) is 8.22. The summed E-state index contributed by atoms with van der Waals surface area (Å²) in [6, 6.07) is 12.0.